The number of allylic oxidation sites excluding steroid dienone is 2. The largest absolute Gasteiger partial charge is 0.497 e. The first kappa shape index (κ1) is 17.1. The SMILES string of the molecule is COc1ccc(C2=C(Cl)C=C(c3ccc(F)cc3)C23SCCS3)cc1. The van der Waals surface area contributed by atoms with E-state index in [4.69, 9.17) is 16.3 Å². The number of hydrogen-bond donors (Lipinski definition) is 0. The molecular weight excluding hydrogens is 375 g/mol. The van der Waals surface area contributed by atoms with Crippen LogP contribution in [0.15, 0.2) is 59.6 Å². The van der Waals surface area contributed by atoms with Crippen LogP contribution in [0.4, 0.5) is 4.39 Å². The molecule has 5 heteroatoms. The van der Waals surface area contributed by atoms with E-state index in [0.717, 1.165) is 44.6 Å². The summed E-state index contributed by atoms with van der Waals surface area (Å²) in [6.45, 7) is 0. The van der Waals surface area contributed by atoms with Crippen LogP contribution in [-0.2, 0) is 0 Å². The summed E-state index contributed by atoms with van der Waals surface area (Å²) in [5.74, 6) is 2.73. The van der Waals surface area contributed by atoms with E-state index in [1.165, 1.54) is 12.1 Å². The molecule has 0 N–H and O–H groups in total. The molecule has 1 spiro atoms. The van der Waals surface area contributed by atoms with Crippen LogP contribution < -0.4 is 4.74 Å². The Morgan fingerprint density at radius 1 is 0.960 bits per heavy atom. The van der Waals surface area contributed by atoms with Crippen molar-refractivity contribution in [3.63, 3.8) is 0 Å². The number of methoxy groups -OCH3 is 1. The monoisotopic (exact) mass is 390 g/mol. The molecule has 0 saturated carbocycles. The molecule has 1 fully saturated rings. The maximum Gasteiger partial charge on any atom is 0.123 e. The lowest BCUT2D eigenvalue weighted by Gasteiger charge is -2.30. The first-order valence-electron chi connectivity index (χ1n) is 7.95. The molecule has 1 aliphatic heterocycles. The summed E-state index contributed by atoms with van der Waals surface area (Å²) in [6, 6.07) is 14.7. The molecule has 25 heavy (non-hydrogen) atoms. The van der Waals surface area contributed by atoms with Crippen molar-refractivity contribution in [2.45, 2.75) is 4.08 Å². The molecular formula is C20H16ClFOS2. The van der Waals surface area contributed by atoms with Gasteiger partial charge in [-0.05, 0) is 47.0 Å². The smallest absolute Gasteiger partial charge is 0.123 e. The summed E-state index contributed by atoms with van der Waals surface area (Å²) in [5, 5.41) is 0.756. The van der Waals surface area contributed by atoms with Gasteiger partial charge >= 0.3 is 0 Å². The number of ether oxygens (including phenoxy) is 1. The highest BCUT2D eigenvalue weighted by Gasteiger charge is 2.48. The van der Waals surface area contributed by atoms with Crippen molar-refractivity contribution >= 4 is 46.3 Å². The second-order valence-electron chi connectivity index (χ2n) is 5.83. The van der Waals surface area contributed by atoms with Crippen LogP contribution in [0.25, 0.3) is 11.1 Å². The van der Waals surface area contributed by atoms with Crippen LogP contribution in [0.2, 0.25) is 0 Å². The summed E-state index contributed by atoms with van der Waals surface area (Å²) >= 11 is 10.5. The Morgan fingerprint density at radius 2 is 1.56 bits per heavy atom. The molecule has 2 aromatic carbocycles. The van der Waals surface area contributed by atoms with Gasteiger partial charge in [0.05, 0.1) is 7.11 Å². The minimum Gasteiger partial charge on any atom is -0.497 e. The summed E-state index contributed by atoms with van der Waals surface area (Å²) in [6.07, 6.45) is 2.04. The normalized spacial score (nSPS) is 18.8. The Balaban J connectivity index is 1.80. The first-order valence-corrected chi connectivity index (χ1v) is 10.3. The highest BCUT2D eigenvalue weighted by atomic mass is 35.5. The topological polar surface area (TPSA) is 9.23 Å². The van der Waals surface area contributed by atoms with Crippen molar-refractivity contribution in [1.29, 1.82) is 0 Å². The molecule has 0 amide bonds. The van der Waals surface area contributed by atoms with Gasteiger partial charge in [0.15, 0.2) is 0 Å². The third kappa shape index (κ3) is 2.90. The highest BCUT2D eigenvalue weighted by molar-refractivity contribution is 8.22. The molecule has 0 bridgehead atoms. The molecule has 0 radical (unpaired) electrons. The van der Waals surface area contributed by atoms with Gasteiger partial charge in [-0.1, -0.05) is 35.9 Å². The van der Waals surface area contributed by atoms with Gasteiger partial charge in [-0.15, -0.1) is 23.5 Å². The zero-order chi connectivity index (χ0) is 17.4. The van der Waals surface area contributed by atoms with Crippen molar-refractivity contribution in [2.75, 3.05) is 18.6 Å². The second kappa shape index (κ2) is 6.75. The van der Waals surface area contributed by atoms with Crippen molar-refractivity contribution in [1.82, 2.24) is 0 Å². The average Bonchev–Trinajstić information content (AvgIpc) is 3.22. The van der Waals surface area contributed by atoms with E-state index in [2.05, 4.69) is 12.1 Å². The minimum absolute atomic E-state index is 0.224. The molecule has 2 aromatic rings. The zero-order valence-electron chi connectivity index (χ0n) is 13.6. The molecule has 0 unspecified atom stereocenters. The molecule has 1 nitrogen and oxygen atoms in total. The summed E-state index contributed by atoms with van der Waals surface area (Å²) < 4.78 is 18.4. The number of halogens is 2. The van der Waals surface area contributed by atoms with Crippen LogP contribution in [0.5, 0.6) is 5.75 Å². The van der Waals surface area contributed by atoms with Gasteiger partial charge in [-0.25, -0.2) is 4.39 Å². The lowest BCUT2D eigenvalue weighted by atomic mass is 9.97. The van der Waals surface area contributed by atoms with Gasteiger partial charge in [-0.2, -0.15) is 0 Å². The molecule has 1 aliphatic carbocycles. The van der Waals surface area contributed by atoms with Gasteiger partial charge in [0.2, 0.25) is 0 Å². The quantitative estimate of drug-likeness (QED) is 0.630. The van der Waals surface area contributed by atoms with E-state index >= 15 is 0 Å². The van der Waals surface area contributed by atoms with E-state index in [-0.39, 0.29) is 9.90 Å². The third-order valence-electron chi connectivity index (χ3n) is 4.42. The van der Waals surface area contributed by atoms with Gasteiger partial charge in [0.1, 0.15) is 15.6 Å². The zero-order valence-corrected chi connectivity index (χ0v) is 16.0. The fourth-order valence-corrected chi connectivity index (χ4v) is 7.24. The Morgan fingerprint density at radius 3 is 2.16 bits per heavy atom. The van der Waals surface area contributed by atoms with E-state index in [9.17, 15) is 4.39 Å². The second-order valence-corrected chi connectivity index (χ2v) is 9.11. The molecule has 2 aliphatic rings. The predicted molar refractivity (Wildman–Crippen MR) is 108 cm³/mol. The lowest BCUT2D eigenvalue weighted by molar-refractivity contribution is 0.415. The van der Waals surface area contributed by atoms with E-state index in [0.29, 0.717) is 0 Å². The summed E-state index contributed by atoms with van der Waals surface area (Å²) in [5.41, 5.74) is 4.39. The van der Waals surface area contributed by atoms with Gasteiger partial charge in [0.25, 0.3) is 0 Å². The number of thioether (sulfide) groups is 2. The molecule has 128 valence electrons. The van der Waals surface area contributed by atoms with Gasteiger partial charge in [0, 0.05) is 22.1 Å². The fourth-order valence-electron chi connectivity index (χ4n) is 3.29. The van der Waals surface area contributed by atoms with Crippen LogP contribution in [0.1, 0.15) is 11.1 Å². The fraction of sp³-hybridized carbons (Fsp3) is 0.200. The molecule has 0 atom stereocenters. The molecule has 1 heterocycles. The summed E-state index contributed by atoms with van der Waals surface area (Å²) in [7, 11) is 1.66. The Labute approximate surface area is 160 Å². The van der Waals surface area contributed by atoms with Crippen LogP contribution >= 0.6 is 35.1 Å². The van der Waals surface area contributed by atoms with Gasteiger partial charge in [-0.3, -0.25) is 0 Å². The van der Waals surface area contributed by atoms with Crippen molar-refractivity contribution < 1.29 is 9.13 Å². The van der Waals surface area contributed by atoms with Crippen molar-refractivity contribution in [2.24, 2.45) is 0 Å². The molecule has 1 saturated heterocycles. The number of rotatable bonds is 3. The van der Waals surface area contributed by atoms with Crippen molar-refractivity contribution in [3.05, 3.63) is 76.6 Å². The third-order valence-corrected chi connectivity index (χ3v) is 8.16. The average molecular weight is 391 g/mol. The van der Waals surface area contributed by atoms with E-state index in [1.807, 2.05) is 53.9 Å². The maximum absolute atomic E-state index is 13.4. The number of hydrogen-bond acceptors (Lipinski definition) is 3. The first-order chi connectivity index (χ1) is 12.1. The summed E-state index contributed by atoms with van der Waals surface area (Å²) in [4.78, 5) is 0. The lowest BCUT2D eigenvalue weighted by Crippen LogP contribution is -2.19. The highest BCUT2D eigenvalue weighted by Crippen LogP contribution is 2.63. The minimum atomic E-state index is -0.233. The van der Waals surface area contributed by atoms with E-state index in [1.54, 1.807) is 7.11 Å². The standard InChI is InChI=1S/C20H16ClFOS2/c1-23-16-8-4-14(5-9-16)19-18(21)12-17(20(19)24-10-11-25-20)13-2-6-15(22)7-3-13/h2-9,12H,10-11H2,1H3. The van der Waals surface area contributed by atoms with Crippen LogP contribution in [-0.4, -0.2) is 22.7 Å². The Kier molecular flexibility index (Phi) is 4.61. The van der Waals surface area contributed by atoms with Crippen LogP contribution in [0, 0.1) is 5.82 Å². The Bertz CT molecular complexity index is 850. The maximum atomic E-state index is 13.4. The number of benzene rings is 2. The Hall–Kier alpha value is -1.36. The van der Waals surface area contributed by atoms with Crippen LogP contribution in [0.3, 0.4) is 0 Å². The molecule has 0 aromatic heterocycles. The predicted octanol–water partition coefficient (Wildman–Crippen LogP) is 6.06. The van der Waals surface area contributed by atoms with E-state index < -0.39 is 0 Å². The van der Waals surface area contributed by atoms with Gasteiger partial charge < -0.3 is 4.74 Å². The molecule has 4 rings (SSSR count). The van der Waals surface area contributed by atoms with Crippen molar-refractivity contribution in [3.8, 4) is 5.75 Å².